The molecule has 1 aliphatic heterocycles. The van der Waals surface area contributed by atoms with Crippen LogP contribution in [0.4, 0.5) is 5.69 Å². The van der Waals surface area contributed by atoms with Crippen molar-refractivity contribution < 1.29 is 0 Å². The predicted octanol–water partition coefficient (Wildman–Crippen LogP) is 3.02. The lowest BCUT2D eigenvalue weighted by molar-refractivity contribution is 0.250. The van der Waals surface area contributed by atoms with E-state index in [-0.39, 0.29) is 5.56 Å². The van der Waals surface area contributed by atoms with Crippen molar-refractivity contribution in [2.75, 3.05) is 31.1 Å². The van der Waals surface area contributed by atoms with Gasteiger partial charge in [0.15, 0.2) is 0 Å². The van der Waals surface area contributed by atoms with Crippen LogP contribution in [0.1, 0.15) is 5.56 Å². The molecule has 1 aromatic heterocycles. The molecule has 1 aliphatic rings. The fourth-order valence-corrected chi connectivity index (χ4v) is 4.15. The zero-order valence-electron chi connectivity index (χ0n) is 14.7. The van der Waals surface area contributed by atoms with Crippen molar-refractivity contribution in [2.45, 2.75) is 6.54 Å². The third-order valence-electron chi connectivity index (χ3n) is 5.05. The third kappa shape index (κ3) is 3.27. The molecule has 0 bridgehead atoms. The normalized spacial score (nSPS) is 15.5. The lowest BCUT2D eigenvalue weighted by Gasteiger charge is -2.36. The Morgan fingerprint density at radius 2 is 1.77 bits per heavy atom. The molecular weight excluding hydrogens is 392 g/mol. The molecule has 26 heavy (non-hydrogen) atoms. The van der Waals surface area contributed by atoms with Gasteiger partial charge in [0.25, 0.3) is 5.56 Å². The molecule has 2 heterocycles. The molecule has 1 fully saturated rings. The Kier molecular flexibility index (Phi) is 4.78. The number of fused-ring (bicyclic) bond motifs is 1. The van der Waals surface area contributed by atoms with Crippen LogP contribution in [0, 0.1) is 0 Å². The van der Waals surface area contributed by atoms with Crippen LogP contribution in [-0.4, -0.2) is 40.9 Å². The van der Waals surface area contributed by atoms with Gasteiger partial charge in [-0.1, -0.05) is 42.5 Å². The van der Waals surface area contributed by atoms with Crippen LogP contribution in [0.15, 0.2) is 57.9 Å². The van der Waals surface area contributed by atoms with Crippen LogP contribution in [0.25, 0.3) is 10.8 Å². The maximum Gasteiger partial charge on any atom is 0.282 e. The second-order valence-electron chi connectivity index (χ2n) is 6.67. The van der Waals surface area contributed by atoms with Crippen LogP contribution in [-0.2, 0) is 13.6 Å². The smallest absolute Gasteiger partial charge is 0.282 e. The van der Waals surface area contributed by atoms with Crippen molar-refractivity contribution >= 4 is 32.4 Å². The zero-order valence-corrected chi connectivity index (χ0v) is 16.3. The van der Waals surface area contributed by atoms with E-state index in [0.29, 0.717) is 4.47 Å². The Hall–Kier alpha value is -2.18. The second-order valence-corrected chi connectivity index (χ2v) is 7.47. The number of aryl methyl sites for hydroxylation is 1. The first kappa shape index (κ1) is 17.2. The number of benzene rings is 2. The molecule has 0 amide bonds. The van der Waals surface area contributed by atoms with E-state index in [0.717, 1.165) is 38.4 Å². The second kappa shape index (κ2) is 7.21. The lowest BCUT2D eigenvalue weighted by Crippen LogP contribution is -2.46. The molecule has 2 aromatic carbocycles. The minimum Gasteiger partial charge on any atom is -0.367 e. The van der Waals surface area contributed by atoms with E-state index in [9.17, 15) is 4.79 Å². The Bertz CT molecular complexity index is 987. The van der Waals surface area contributed by atoms with E-state index in [4.69, 9.17) is 0 Å². The first-order valence-electron chi connectivity index (χ1n) is 8.79. The van der Waals surface area contributed by atoms with E-state index in [1.807, 2.05) is 0 Å². The predicted molar refractivity (Wildman–Crippen MR) is 109 cm³/mol. The minimum atomic E-state index is -0.0966. The molecule has 6 heteroatoms. The fourth-order valence-electron chi connectivity index (χ4n) is 3.54. The molecule has 1 saturated heterocycles. The summed E-state index contributed by atoms with van der Waals surface area (Å²) in [7, 11) is 1.67. The Morgan fingerprint density at radius 3 is 2.58 bits per heavy atom. The average molecular weight is 413 g/mol. The summed E-state index contributed by atoms with van der Waals surface area (Å²) >= 11 is 3.43. The van der Waals surface area contributed by atoms with Gasteiger partial charge >= 0.3 is 0 Å². The number of hydrogen-bond donors (Lipinski definition) is 0. The summed E-state index contributed by atoms with van der Waals surface area (Å²) in [5.74, 6) is 0. The molecule has 0 atom stereocenters. The van der Waals surface area contributed by atoms with Crippen molar-refractivity contribution in [3.8, 4) is 0 Å². The van der Waals surface area contributed by atoms with Crippen LogP contribution in [0.3, 0.4) is 0 Å². The quantitative estimate of drug-likeness (QED) is 0.662. The zero-order chi connectivity index (χ0) is 18.1. The van der Waals surface area contributed by atoms with Crippen molar-refractivity contribution in [2.24, 2.45) is 7.05 Å². The van der Waals surface area contributed by atoms with Gasteiger partial charge in [0, 0.05) is 39.8 Å². The van der Waals surface area contributed by atoms with E-state index < -0.39 is 0 Å². The van der Waals surface area contributed by atoms with Crippen molar-refractivity contribution in [1.29, 1.82) is 0 Å². The summed E-state index contributed by atoms with van der Waals surface area (Å²) in [6.45, 7) is 4.65. The van der Waals surface area contributed by atoms with E-state index in [1.165, 1.54) is 21.0 Å². The largest absolute Gasteiger partial charge is 0.367 e. The van der Waals surface area contributed by atoms with Gasteiger partial charge in [0.2, 0.25) is 0 Å². The van der Waals surface area contributed by atoms with E-state index >= 15 is 0 Å². The summed E-state index contributed by atoms with van der Waals surface area (Å²) in [5.41, 5.74) is 2.16. The highest BCUT2D eigenvalue weighted by Crippen LogP contribution is 2.24. The van der Waals surface area contributed by atoms with Gasteiger partial charge in [-0.25, -0.2) is 4.68 Å². The number of aromatic nitrogens is 2. The highest BCUT2D eigenvalue weighted by molar-refractivity contribution is 9.10. The highest BCUT2D eigenvalue weighted by atomic mass is 79.9. The molecule has 0 aliphatic carbocycles. The number of rotatable bonds is 3. The standard InChI is InChI=1S/C20H21BrN4O/c1-23-20(26)19(21)18(13-22-23)25-11-9-24(10-12-25)14-16-7-4-6-15-5-2-3-8-17(15)16/h2-8,13H,9-12,14H2,1H3. The molecule has 3 aromatic rings. The maximum absolute atomic E-state index is 12.1. The number of hydrogen-bond acceptors (Lipinski definition) is 4. The summed E-state index contributed by atoms with van der Waals surface area (Å²) < 4.78 is 1.95. The number of anilines is 1. The minimum absolute atomic E-state index is 0.0966. The SMILES string of the molecule is Cn1ncc(N2CCN(Cc3cccc4ccccc34)CC2)c(Br)c1=O. The van der Waals surface area contributed by atoms with Gasteiger partial charge in [0.1, 0.15) is 4.47 Å². The van der Waals surface area contributed by atoms with Crippen LogP contribution >= 0.6 is 15.9 Å². The number of halogens is 1. The van der Waals surface area contributed by atoms with Crippen LogP contribution in [0.2, 0.25) is 0 Å². The molecule has 0 saturated carbocycles. The number of nitrogens with zero attached hydrogens (tertiary/aromatic N) is 4. The van der Waals surface area contributed by atoms with Gasteiger partial charge in [0.05, 0.1) is 11.9 Å². The van der Waals surface area contributed by atoms with E-state index in [1.54, 1.807) is 13.2 Å². The lowest BCUT2D eigenvalue weighted by atomic mass is 10.0. The molecule has 5 nitrogen and oxygen atoms in total. The molecule has 0 radical (unpaired) electrons. The Morgan fingerprint density at radius 1 is 1.04 bits per heavy atom. The monoisotopic (exact) mass is 412 g/mol. The van der Waals surface area contributed by atoms with Crippen LogP contribution in [0.5, 0.6) is 0 Å². The molecule has 134 valence electrons. The van der Waals surface area contributed by atoms with Crippen molar-refractivity contribution in [3.63, 3.8) is 0 Å². The Balaban J connectivity index is 1.47. The van der Waals surface area contributed by atoms with Gasteiger partial charge in [-0.05, 0) is 32.3 Å². The molecule has 0 spiro atoms. The maximum atomic E-state index is 12.1. The molecular formula is C20H21BrN4O. The van der Waals surface area contributed by atoms with Gasteiger partial charge in [-0.2, -0.15) is 5.10 Å². The van der Waals surface area contributed by atoms with Crippen molar-refractivity contribution in [1.82, 2.24) is 14.7 Å². The first-order chi connectivity index (χ1) is 12.6. The molecule has 0 unspecified atom stereocenters. The summed E-state index contributed by atoms with van der Waals surface area (Å²) in [5, 5.41) is 6.77. The number of piperazine rings is 1. The molecule has 0 N–H and O–H groups in total. The highest BCUT2D eigenvalue weighted by Gasteiger charge is 2.21. The first-order valence-corrected chi connectivity index (χ1v) is 9.58. The summed E-state index contributed by atoms with van der Waals surface area (Å²) in [4.78, 5) is 16.8. The van der Waals surface area contributed by atoms with Crippen LogP contribution < -0.4 is 10.5 Å². The average Bonchev–Trinajstić information content (AvgIpc) is 2.67. The van der Waals surface area contributed by atoms with E-state index in [2.05, 4.69) is 73.3 Å². The van der Waals surface area contributed by atoms with Crippen molar-refractivity contribution in [3.05, 3.63) is 69.1 Å². The van der Waals surface area contributed by atoms with Gasteiger partial charge < -0.3 is 4.90 Å². The van der Waals surface area contributed by atoms with Gasteiger partial charge in [-0.15, -0.1) is 0 Å². The summed E-state index contributed by atoms with van der Waals surface area (Å²) in [6.07, 6.45) is 1.77. The fraction of sp³-hybridized carbons (Fsp3) is 0.300. The molecule has 4 rings (SSSR count). The topological polar surface area (TPSA) is 41.4 Å². The summed E-state index contributed by atoms with van der Waals surface area (Å²) in [6, 6.07) is 15.1. The Labute approximate surface area is 161 Å². The third-order valence-corrected chi connectivity index (χ3v) is 5.79. The van der Waals surface area contributed by atoms with Gasteiger partial charge in [-0.3, -0.25) is 9.69 Å².